The maximum atomic E-state index is 12.5. The Morgan fingerprint density at radius 3 is 2.81 bits per heavy atom. The van der Waals surface area contributed by atoms with Gasteiger partial charge in [0.05, 0.1) is 37.9 Å². The summed E-state index contributed by atoms with van der Waals surface area (Å²) >= 11 is 6.17. The summed E-state index contributed by atoms with van der Waals surface area (Å²) < 4.78 is 12.0. The van der Waals surface area contributed by atoms with E-state index < -0.39 is 6.10 Å². The van der Waals surface area contributed by atoms with E-state index in [2.05, 4.69) is 15.2 Å². The second-order valence-electron chi connectivity index (χ2n) is 8.49. The fourth-order valence-corrected chi connectivity index (χ4v) is 4.67. The van der Waals surface area contributed by atoms with Gasteiger partial charge in [-0.3, -0.25) is 14.7 Å². The third kappa shape index (κ3) is 6.27. The fourth-order valence-electron chi connectivity index (χ4n) is 4.46. The van der Waals surface area contributed by atoms with Crippen molar-refractivity contribution in [1.82, 2.24) is 15.2 Å². The van der Waals surface area contributed by atoms with E-state index in [-0.39, 0.29) is 30.8 Å². The van der Waals surface area contributed by atoms with Crippen LogP contribution in [-0.4, -0.2) is 65.0 Å². The number of amides is 1. The molecule has 1 aromatic carbocycles. The molecule has 2 aromatic rings. The molecule has 0 unspecified atom stereocenters. The highest BCUT2D eigenvalue weighted by molar-refractivity contribution is 6.31. The second-order valence-corrected chi connectivity index (χ2v) is 8.90. The number of benzene rings is 1. The van der Waals surface area contributed by atoms with Crippen LogP contribution in [0.4, 0.5) is 0 Å². The highest BCUT2D eigenvalue weighted by Gasteiger charge is 2.38. The van der Waals surface area contributed by atoms with Crippen LogP contribution in [0.2, 0.25) is 5.02 Å². The van der Waals surface area contributed by atoms with Gasteiger partial charge in [0.15, 0.2) is 0 Å². The topological polar surface area (TPSA) is 83.9 Å². The zero-order chi connectivity index (χ0) is 22.3. The molecule has 2 aliphatic heterocycles. The molecule has 0 radical (unpaired) electrons. The molecule has 7 nitrogen and oxygen atoms in total. The van der Waals surface area contributed by atoms with Crippen LogP contribution in [-0.2, 0) is 27.4 Å². The van der Waals surface area contributed by atoms with Crippen molar-refractivity contribution >= 4 is 17.5 Å². The van der Waals surface area contributed by atoms with Gasteiger partial charge in [-0.1, -0.05) is 29.8 Å². The smallest absolute Gasteiger partial charge is 0.222 e. The van der Waals surface area contributed by atoms with Gasteiger partial charge >= 0.3 is 0 Å². The molecule has 2 aliphatic rings. The van der Waals surface area contributed by atoms with Crippen molar-refractivity contribution < 1.29 is 19.4 Å². The van der Waals surface area contributed by atoms with E-state index in [1.165, 1.54) is 0 Å². The number of ether oxygens (including phenoxy) is 2. The van der Waals surface area contributed by atoms with Gasteiger partial charge in [0.25, 0.3) is 0 Å². The standard InChI is InChI=1S/C24H30ClN3O4/c25-21-4-2-1-3-18(21)12-27-24(30)11-20-5-6-22-23(32-20)16-31-15-19(29)14-28(22)13-17-7-9-26-10-8-17/h1-4,7-10,19-20,22-23,29H,5-6,11-16H2,(H,27,30)/t19-,20-,22+,23-/m0/s1. The van der Waals surface area contributed by atoms with Crippen LogP contribution in [0.3, 0.4) is 0 Å². The summed E-state index contributed by atoms with van der Waals surface area (Å²) in [6.07, 6.45) is 4.71. The first-order valence-electron chi connectivity index (χ1n) is 11.1. The first-order valence-corrected chi connectivity index (χ1v) is 11.5. The highest BCUT2D eigenvalue weighted by Crippen LogP contribution is 2.28. The van der Waals surface area contributed by atoms with Crippen LogP contribution in [0.25, 0.3) is 0 Å². The van der Waals surface area contributed by atoms with E-state index in [9.17, 15) is 9.90 Å². The average molecular weight is 460 g/mol. The average Bonchev–Trinajstić information content (AvgIpc) is 2.78. The van der Waals surface area contributed by atoms with Crippen LogP contribution in [0.15, 0.2) is 48.8 Å². The molecule has 0 aliphatic carbocycles. The van der Waals surface area contributed by atoms with Gasteiger partial charge in [0.2, 0.25) is 5.91 Å². The Hall–Kier alpha value is -2.03. The Morgan fingerprint density at radius 2 is 2.00 bits per heavy atom. The number of carbonyl (C=O) groups excluding carboxylic acids is 1. The molecule has 0 saturated carbocycles. The number of rotatable bonds is 6. The van der Waals surface area contributed by atoms with Gasteiger partial charge in [-0.15, -0.1) is 0 Å². The van der Waals surface area contributed by atoms with Crippen molar-refractivity contribution in [2.45, 2.75) is 56.7 Å². The molecule has 2 N–H and O–H groups in total. The van der Waals surface area contributed by atoms with E-state index in [1.54, 1.807) is 12.4 Å². The summed E-state index contributed by atoms with van der Waals surface area (Å²) in [5.74, 6) is -0.0517. The predicted molar refractivity (Wildman–Crippen MR) is 121 cm³/mol. The van der Waals surface area contributed by atoms with E-state index in [4.69, 9.17) is 21.1 Å². The zero-order valence-electron chi connectivity index (χ0n) is 18.0. The Balaban J connectivity index is 1.34. The molecule has 0 spiro atoms. The molecule has 2 saturated heterocycles. The molecule has 172 valence electrons. The van der Waals surface area contributed by atoms with Gasteiger partial charge in [0, 0.05) is 43.1 Å². The summed E-state index contributed by atoms with van der Waals surface area (Å²) in [4.78, 5) is 18.9. The predicted octanol–water partition coefficient (Wildman–Crippen LogP) is 2.55. The molecule has 8 heteroatoms. The quantitative estimate of drug-likeness (QED) is 0.690. The third-order valence-electron chi connectivity index (χ3n) is 6.07. The summed E-state index contributed by atoms with van der Waals surface area (Å²) in [7, 11) is 0. The Morgan fingerprint density at radius 1 is 1.19 bits per heavy atom. The van der Waals surface area contributed by atoms with Crippen LogP contribution in [0, 0.1) is 0 Å². The molecule has 1 amide bonds. The van der Waals surface area contributed by atoms with Gasteiger partial charge in [-0.2, -0.15) is 0 Å². The van der Waals surface area contributed by atoms with E-state index in [1.807, 2.05) is 36.4 Å². The number of halogens is 1. The first-order chi connectivity index (χ1) is 15.6. The normalized spacial score (nSPS) is 26.6. The Kier molecular flexibility index (Phi) is 8.10. The molecule has 32 heavy (non-hydrogen) atoms. The number of fused-ring (bicyclic) bond motifs is 1. The number of nitrogens with one attached hydrogen (secondary N) is 1. The van der Waals surface area contributed by atoms with Crippen LogP contribution in [0.1, 0.15) is 30.4 Å². The second kappa shape index (κ2) is 11.2. The number of hydrogen-bond acceptors (Lipinski definition) is 6. The third-order valence-corrected chi connectivity index (χ3v) is 6.44. The number of β-amino-alcohol motifs (C(OH)–C–C–N with tert-alkyl or cyclic N) is 1. The summed E-state index contributed by atoms with van der Waals surface area (Å²) in [6.45, 7) is 2.33. The number of pyridine rings is 1. The van der Waals surface area contributed by atoms with Crippen molar-refractivity contribution in [2.24, 2.45) is 0 Å². The number of nitrogens with zero attached hydrogens (tertiary/aromatic N) is 2. The van der Waals surface area contributed by atoms with Gasteiger partial charge in [-0.25, -0.2) is 0 Å². The minimum atomic E-state index is -0.536. The SMILES string of the molecule is O=C(C[C@@H]1CC[C@@H]2[C@H](COC[C@@H](O)CN2Cc2ccncc2)O1)NCc1ccccc1Cl. The van der Waals surface area contributed by atoms with Crippen molar-refractivity contribution in [3.05, 3.63) is 64.9 Å². The molecule has 4 rings (SSSR count). The summed E-state index contributed by atoms with van der Waals surface area (Å²) in [5, 5.41) is 13.9. The van der Waals surface area contributed by atoms with Crippen LogP contribution < -0.4 is 5.32 Å². The lowest BCUT2D eigenvalue weighted by molar-refractivity contribution is -0.158. The van der Waals surface area contributed by atoms with Crippen LogP contribution >= 0.6 is 11.6 Å². The lowest BCUT2D eigenvalue weighted by Crippen LogP contribution is -2.55. The van der Waals surface area contributed by atoms with Crippen molar-refractivity contribution in [1.29, 1.82) is 0 Å². The lowest BCUT2D eigenvalue weighted by atomic mass is 9.94. The zero-order valence-corrected chi connectivity index (χ0v) is 18.8. The first kappa shape index (κ1) is 23.1. The van der Waals surface area contributed by atoms with Crippen molar-refractivity contribution in [3.63, 3.8) is 0 Å². The molecular formula is C24H30ClN3O4. The van der Waals surface area contributed by atoms with E-state index >= 15 is 0 Å². The lowest BCUT2D eigenvalue weighted by Gasteiger charge is -2.44. The van der Waals surface area contributed by atoms with Crippen LogP contribution in [0.5, 0.6) is 0 Å². The number of carbonyl (C=O) groups is 1. The summed E-state index contributed by atoms with van der Waals surface area (Å²) in [5.41, 5.74) is 2.04. The number of aliphatic hydroxyl groups is 1. The van der Waals surface area contributed by atoms with Crippen molar-refractivity contribution in [2.75, 3.05) is 19.8 Å². The van der Waals surface area contributed by atoms with Gasteiger partial charge in [-0.05, 0) is 42.2 Å². The van der Waals surface area contributed by atoms with E-state index in [0.29, 0.717) is 37.7 Å². The molecule has 4 atom stereocenters. The fraction of sp³-hybridized carbons (Fsp3) is 0.500. The maximum absolute atomic E-state index is 12.5. The number of aromatic nitrogens is 1. The maximum Gasteiger partial charge on any atom is 0.222 e. The van der Waals surface area contributed by atoms with E-state index in [0.717, 1.165) is 24.0 Å². The molecular weight excluding hydrogens is 430 g/mol. The monoisotopic (exact) mass is 459 g/mol. The summed E-state index contributed by atoms with van der Waals surface area (Å²) in [6, 6.07) is 11.6. The largest absolute Gasteiger partial charge is 0.389 e. The number of hydrogen-bond donors (Lipinski definition) is 2. The van der Waals surface area contributed by atoms with Gasteiger partial charge < -0.3 is 19.9 Å². The molecule has 1 aromatic heterocycles. The Labute approximate surface area is 193 Å². The minimum Gasteiger partial charge on any atom is -0.389 e. The molecule has 3 heterocycles. The highest BCUT2D eigenvalue weighted by atomic mass is 35.5. The van der Waals surface area contributed by atoms with Crippen molar-refractivity contribution in [3.8, 4) is 0 Å². The molecule has 2 fully saturated rings. The Bertz CT molecular complexity index is 885. The molecule has 0 bridgehead atoms. The minimum absolute atomic E-state index is 0.0517. The van der Waals surface area contributed by atoms with Gasteiger partial charge in [0.1, 0.15) is 0 Å². The number of aliphatic hydroxyl groups excluding tert-OH is 1.